The van der Waals surface area contributed by atoms with Gasteiger partial charge in [0.25, 0.3) is 5.91 Å². The van der Waals surface area contributed by atoms with E-state index in [2.05, 4.69) is 32.2 Å². The minimum atomic E-state index is -0.185. The maximum Gasteiger partial charge on any atom is 0.293 e. The number of aromatic nitrogens is 3. The van der Waals surface area contributed by atoms with Crippen molar-refractivity contribution in [2.24, 2.45) is 0 Å². The molecule has 0 saturated carbocycles. The average Bonchev–Trinajstić information content (AvgIpc) is 2.73. The first kappa shape index (κ1) is 16.3. The third-order valence-electron chi connectivity index (χ3n) is 4.54. The van der Waals surface area contributed by atoms with Crippen molar-refractivity contribution in [1.29, 1.82) is 0 Å². The number of fused-ring (bicyclic) bond motifs is 1. The van der Waals surface area contributed by atoms with Gasteiger partial charge in [0, 0.05) is 37.9 Å². The predicted molar refractivity (Wildman–Crippen MR) is 98.4 cm³/mol. The molecule has 0 aliphatic carbocycles. The summed E-state index contributed by atoms with van der Waals surface area (Å²) in [7, 11) is 1.59. The van der Waals surface area contributed by atoms with Crippen LogP contribution in [0.25, 0.3) is 11.0 Å². The summed E-state index contributed by atoms with van der Waals surface area (Å²) >= 11 is 0. The molecule has 4 rings (SSSR count). The van der Waals surface area contributed by atoms with E-state index < -0.39 is 0 Å². The number of carbonyl (C=O) groups excluding carboxylic acids is 1. The van der Waals surface area contributed by atoms with Crippen LogP contribution in [0.15, 0.2) is 48.5 Å². The first-order valence-corrected chi connectivity index (χ1v) is 8.52. The average molecular weight is 349 g/mol. The van der Waals surface area contributed by atoms with Crippen LogP contribution in [0, 0.1) is 0 Å². The molecule has 3 aromatic rings. The number of benzene rings is 2. The predicted octanol–water partition coefficient (Wildman–Crippen LogP) is 2.00. The standard InChI is InChI=1S/C19H19N5O2/c1-26-15-7-8-16-17(13-15)20-18(22-21-16)19(25)24-11-9-23(10-12-24)14-5-3-2-4-6-14/h2-8,13H,9-12H2,1H3. The number of hydrogen-bond acceptors (Lipinski definition) is 6. The summed E-state index contributed by atoms with van der Waals surface area (Å²) in [6.07, 6.45) is 0. The van der Waals surface area contributed by atoms with Gasteiger partial charge in [-0.3, -0.25) is 4.79 Å². The van der Waals surface area contributed by atoms with Crippen molar-refractivity contribution in [3.8, 4) is 5.75 Å². The summed E-state index contributed by atoms with van der Waals surface area (Å²) in [5.74, 6) is 0.613. The number of methoxy groups -OCH3 is 1. The molecule has 0 radical (unpaired) electrons. The van der Waals surface area contributed by atoms with E-state index in [0.717, 1.165) is 13.1 Å². The summed E-state index contributed by atoms with van der Waals surface area (Å²) in [6, 6.07) is 15.6. The smallest absolute Gasteiger partial charge is 0.293 e. The molecule has 1 aliphatic heterocycles. The van der Waals surface area contributed by atoms with Gasteiger partial charge < -0.3 is 14.5 Å². The SMILES string of the molecule is COc1ccc2nnc(C(=O)N3CCN(c4ccccc4)CC3)nc2c1. The lowest BCUT2D eigenvalue weighted by molar-refractivity contribution is 0.0733. The lowest BCUT2D eigenvalue weighted by atomic mass is 10.2. The molecule has 1 saturated heterocycles. The number of anilines is 1. The van der Waals surface area contributed by atoms with E-state index in [9.17, 15) is 4.79 Å². The summed E-state index contributed by atoms with van der Waals surface area (Å²) in [4.78, 5) is 21.2. The van der Waals surface area contributed by atoms with Crippen molar-refractivity contribution in [3.63, 3.8) is 0 Å². The quantitative estimate of drug-likeness (QED) is 0.720. The number of nitrogens with zero attached hydrogens (tertiary/aromatic N) is 5. The van der Waals surface area contributed by atoms with Crippen LogP contribution in [-0.4, -0.2) is 59.3 Å². The first-order valence-electron chi connectivity index (χ1n) is 8.52. The second-order valence-electron chi connectivity index (χ2n) is 6.10. The molecule has 0 N–H and O–H groups in total. The van der Waals surface area contributed by atoms with E-state index in [1.165, 1.54) is 5.69 Å². The topological polar surface area (TPSA) is 71.5 Å². The molecular weight excluding hydrogens is 330 g/mol. The molecule has 0 atom stereocenters. The molecule has 0 unspecified atom stereocenters. The zero-order valence-electron chi connectivity index (χ0n) is 14.5. The van der Waals surface area contributed by atoms with Gasteiger partial charge in [-0.1, -0.05) is 18.2 Å². The number of piperazine rings is 1. The van der Waals surface area contributed by atoms with Gasteiger partial charge >= 0.3 is 0 Å². The van der Waals surface area contributed by atoms with E-state index in [4.69, 9.17) is 4.74 Å². The van der Waals surface area contributed by atoms with Gasteiger partial charge in [0.05, 0.1) is 12.6 Å². The van der Waals surface area contributed by atoms with E-state index in [1.807, 2.05) is 18.2 Å². The van der Waals surface area contributed by atoms with E-state index in [0.29, 0.717) is 29.9 Å². The Hall–Kier alpha value is -3.22. The van der Waals surface area contributed by atoms with Crippen LogP contribution in [0.4, 0.5) is 5.69 Å². The fraction of sp³-hybridized carbons (Fsp3) is 0.263. The zero-order chi connectivity index (χ0) is 17.9. The van der Waals surface area contributed by atoms with Gasteiger partial charge in [0.2, 0.25) is 5.82 Å². The first-order chi connectivity index (χ1) is 12.7. The number of hydrogen-bond donors (Lipinski definition) is 0. The van der Waals surface area contributed by atoms with Gasteiger partial charge in [0.15, 0.2) is 0 Å². The molecule has 1 aliphatic rings. The number of amides is 1. The highest BCUT2D eigenvalue weighted by Gasteiger charge is 2.24. The molecule has 2 heterocycles. The Balaban J connectivity index is 1.49. The maximum atomic E-state index is 12.8. The molecule has 0 spiro atoms. The second-order valence-corrected chi connectivity index (χ2v) is 6.10. The van der Waals surface area contributed by atoms with Crippen molar-refractivity contribution in [1.82, 2.24) is 20.1 Å². The molecule has 1 aromatic heterocycles. The summed E-state index contributed by atoms with van der Waals surface area (Å²) in [5, 5.41) is 8.12. The van der Waals surface area contributed by atoms with E-state index >= 15 is 0 Å². The van der Waals surface area contributed by atoms with E-state index in [1.54, 1.807) is 30.2 Å². The molecule has 132 valence electrons. The molecule has 1 amide bonds. The Morgan fingerprint density at radius 2 is 1.73 bits per heavy atom. The Kier molecular flexibility index (Phi) is 4.35. The molecule has 7 heteroatoms. The second kappa shape index (κ2) is 6.95. The van der Waals surface area contributed by atoms with Crippen molar-refractivity contribution in [2.45, 2.75) is 0 Å². The van der Waals surface area contributed by atoms with Gasteiger partial charge in [-0.25, -0.2) is 4.98 Å². The highest BCUT2D eigenvalue weighted by Crippen LogP contribution is 2.18. The Morgan fingerprint density at radius 1 is 0.962 bits per heavy atom. The molecule has 2 aromatic carbocycles. The fourth-order valence-electron chi connectivity index (χ4n) is 3.08. The van der Waals surface area contributed by atoms with Crippen LogP contribution in [0.1, 0.15) is 10.6 Å². The van der Waals surface area contributed by atoms with Crippen molar-refractivity contribution < 1.29 is 9.53 Å². The van der Waals surface area contributed by atoms with Crippen LogP contribution < -0.4 is 9.64 Å². The third-order valence-corrected chi connectivity index (χ3v) is 4.54. The van der Waals surface area contributed by atoms with Gasteiger partial charge in [0.1, 0.15) is 11.3 Å². The minimum absolute atomic E-state index is 0.124. The van der Waals surface area contributed by atoms with Crippen molar-refractivity contribution in [2.75, 3.05) is 38.2 Å². The van der Waals surface area contributed by atoms with E-state index in [-0.39, 0.29) is 11.7 Å². The lowest BCUT2D eigenvalue weighted by Crippen LogP contribution is -2.49. The molecule has 7 nitrogen and oxygen atoms in total. The van der Waals surface area contributed by atoms with Crippen LogP contribution in [-0.2, 0) is 0 Å². The number of carbonyl (C=O) groups is 1. The lowest BCUT2D eigenvalue weighted by Gasteiger charge is -2.35. The largest absolute Gasteiger partial charge is 0.497 e. The zero-order valence-corrected chi connectivity index (χ0v) is 14.5. The van der Waals surface area contributed by atoms with Crippen LogP contribution >= 0.6 is 0 Å². The maximum absolute atomic E-state index is 12.8. The Labute approximate surface area is 151 Å². The summed E-state index contributed by atoms with van der Waals surface area (Å²) in [5.41, 5.74) is 2.41. The Morgan fingerprint density at radius 3 is 2.46 bits per heavy atom. The van der Waals surface area contributed by atoms with Crippen molar-refractivity contribution >= 4 is 22.6 Å². The van der Waals surface area contributed by atoms with Crippen LogP contribution in [0.3, 0.4) is 0 Å². The number of para-hydroxylation sites is 1. The number of ether oxygens (including phenoxy) is 1. The molecule has 0 bridgehead atoms. The molecule has 26 heavy (non-hydrogen) atoms. The van der Waals surface area contributed by atoms with Gasteiger partial charge in [-0.2, -0.15) is 0 Å². The summed E-state index contributed by atoms with van der Waals surface area (Å²) < 4.78 is 5.20. The molecular formula is C19H19N5O2. The summed E-state index contributed by atoms with van der Waals surface area (Å²) in [6.45, 7) is 2.83. The Bertz CT molecular complexity index is 924. The highest BCUT2D eigenvalue weighted by atomic mass is 16.5. The van der Waals surface area contributed by atoms with Gasteiger partial charge in [-0.05, 0) is 24.3 Å². The normalized spacial score (nSPS) is 14.5. The van der Waals surface area contributed by atoms with Crippen molar-refractivity contribution in [3.05, 3.63) is 54.4 Å². The van der Waals surface area contributed by atoms with Gasteiger partial charge in [-0.15, -0.1) is 10.2 Å². The fourth-order valence-corrected chi connectivity index (χ4v) is 3.08. The van der Waals surface area contributed by atoms with Crippen LogP contribution in [0.2, 0.25) is 0 Å². The third kappa shape index (κ3) is 3.15. The monoisotopic (exact) mass is 349 g/mol. The number of rotatable bonds is 3. The minimum Gasteiger partial charge on any atom is -0.497 e. The van der Waals surface area contributed by atoms with Crippen LogP contribution in [0.5, 0.6) is 5.75 Å². The molecule has 1 fully saturated rings. The highest BCUT2D eigenvalue weighted by molar-refractivity contribution is 5.92.